The fraction of sp³-hybridized carbons (Fsp3) is 0.308. The lowest BCUT2D eigenvalue weighted by molar-refractivity contribution is -0.123. The lowest BCUT2D eigenvalue weighted by atomic mass is 10.1. The number of rotatable bonds is 2. The van der Waals surface area contributed by atoms with Gasteiger partial charge in [0.15, 0.2) is 5.13 Å². The molecule has 1 saturated heterocycles. The Morgan fingerprint density at radius 1 is 1.53 bits per heavy atom. The van der Waals surface area contributed by atoms with E-state index in [9.17, 15) is 9.59 Å². The molecule has 2 heterocycles. The van der Waals surface area contributed by atoms with Crippen molar-refractivity contribution in [3.8, 4) is 0 Å². The zero-order chi connectivity index (χ0) is 13.6. The molecule has 0 aliphatic carbocycles. The highest BCUT2D eigenvalue weighted by molar-refractivity contribution is 7.22. The monoisotopic (exact) mass is 275 g/mol. The number of nitrogens with zero attached hydrogens (tertiary/aromatic N) is 2. The predicted molar refractivity (Wildman–Crippen MR) is 74.0 cm³/mol. The van der Waals surface area contributed by atoms with Gasteiger partial charge >= 0.3 is 0 Å². The largest absolute Gasteiger partial charge is 0.369 e. The van der Waals surface area contributed by atoms with Gasteiger partial charge in [0.05, 0.1) is 16.1 Å². The molecule has 2 amide bonds. The van der Waals surface area contributed by atoms with Crippen LogP contribution in [-0.2, 0) is 9.59 Å². The summed E-state index contributed by atoms with van der Waals surface area (Å²) < 4.78 is 1.05. The number of aromatic nitrogens is 1. The van der Waals surface area contributed by atoms with Crippen LogP contribution in [-0.4, -0.2) is 23.3 Å². The van der Waals surface area contributed by atoms with Gasteiger partial charge in [-0.3, -0.25) is 14.5 Å². The Bertz CT molecular complexity index is 680. The van der Waals surface area contributed by atoms with Gasteiger partial charge in [-0.25, -0.2) is 4.98 Å². The second-order valence-electron chi connectivity index (χ2n) is 4.73. The molecule has 1 aliphatic heterocycles. The van der Waals surface area contributed by atoms with Gasteiger partial charge in [-0.15, -0.1) is 0 Å². The second kappa shape index (κ2) is 4.31. The van der Waals surface area contributed by atoms with Crippen molar-refractivity contribution in [2.45, 2.75) is 13.3 Å². The lowest BCUT2D eigenvalue weighted by Crippen LogP contribution is -2.28. The summed E-state index contributed by atoms with van der Waals surface area (Å²) in [5.41, 5.74) is 7.26. The van der Waals surface area contributed by atoms with Crippen molar-refractivity contribution >= 4 is 38.5 Å². The Morgan fingerprint density at radius 2 is 2.32 bits per heavy atom. The number of thiazole rings is 1. The molecule has 1 aromatic heterocycles. The average molecular weight is 275 g/mol. The third-order valence-corrected chi connectivity index (χ3v) is 4.41. The van der Waals surface area contributed by atoms with E-state index in [2.05, 4.69) is 4.98 Å². The first kappa shape index (κ1) is 12.1. The Balaban J connectivity index is 1.99. The number of primary amides is 1. The third-order valence-electron chi connectivity index (χ3n) is 3.37. The molecule has 0 bridgehead atoms. The van der Waals surface area contributed by atoms with Gasteiger partial charge in [0, 0.05) is 13.0 Å². The summed E-state index contributed by atoms with van der Waals surface area (Å²) in [5.74, 6) is -0.908. The molecule has 1 aromatic carbocycles. The van der Waals surface area contributed by atoms with Crippen LogP contribution in [0, 0.1) is 12.8 Å². The molecular formula is C13H13N3O2S. The molecular weight excluding hydrogens is 262 g/mol. The van der Waals surface area contributed by atoms with E-state index in [4.69, 9.17) is 5.73 Å². The Kier molecular flexibility index (Phi) is 2.74. The zero-order valence-corrected chi connectivity index (χ0v) is 11.2. The summed E-state index contributed by atoms with van der Waals surface area (Å²) in [5, 5.41) is 0.651. The molecule has 5 nitrogen and oxygen atoms in total. The van der Waals surface area contributed by atoms with Crippen LogP contribution in [0.15, 0.2) is 18.2 Å². The standard InChI is InChI=1S/C13H13N3O2S/c1-7-3-2-4-9-11(7)15-13(19-9)16-6-8(12(14)18)5-10(16)17/h2-4,8H,5-6H2,1H3,(H2,14,18). The smallest absolute Gasteiger partial charge is 0.229 e. The minimum absolute atomic E-state index is 0.0829. The summed E-state index contributed by atoms with van der Waals surface area (Å²) in [6.45, 7) is 2.33. The summed E-state index contributed by atoms with van der Waals surface area (Å²) in [7, 11) is 0. The van der Waals surface area contributed by atoms with Crippen LogP contribution in [0.1, 0.15) is 12.0 Å². The summed E-state index contributed by atoms with van der Waals surface area (Å²) in [6.07, 6.45) is 0.185. The van der Waals surface area contributed by atoms with E-state index in [1.807, 2.05) is 25.1 Å². The highest BCUT2D eigenvalue weighted by atomic mass is 32.1. The van der Waals surface area contributed by atoms with E-state index < -0.39 is 11.8 Å². The molecule has 0 saturated carbocycles. The van der Waals surface area contributed by atoms with Crippen molar-refractivity contribution in [2.75, 3.05) is 11.4 Å². The van der Waals surface area contributed by atoms with Crippen LogP contribution in [0.5, 0.6) is 0 Å². The lowest BCUT2D eigenvalue weighted by Gasteiger charge is -2.11. The zero-order valence-electron chi connectivity index (χ0n) is 10.4. The summed E-state index contributed by atoms with van der Waals surface area (Å²) in [4.78, 5) is 29.2. The van der Waals surface area contributed by atoms with Gasteiger partial charge < -0.3 is 5.73 Å². The number of nitrogens with two attached hydrogens (primary N) is 1. The van der Waals surface area contributed by atoms with Crippen molar-refractivity contribution in [3.05, 3.63) is 23.8 Å². The summed E-state index contributed by atoms with van der Waals surface area (Å²) in [6, 6.07) is 5.94. The minimum Gasteiger partial charge on any atom is -0.369 e. The Labute approximate surface area is 114 Å². The van der Waals surface area contributed by atoms with Gasteiger partial charge in [0.25, 0.3) is 0 Å². The van der Waals surface area contributed by atoms with E-state index in [0.717, 1.165) is 15.8 Å². The van der Waals surface area contributed by atoms with Crippen LogP contribution in [0.4, 0.5) is 5.13 Å². The Hall–Kier alpha value is -1.95. The van der Waals surface area contributed by atoms with Gasteiger partial charge in [-0.1, -0.05) is 23.5 Å². The molecule has 2 aromatic rings. The first-order valence-corrected chi connectivity index (χ1v) is 6.84. The molecule has 19 heavy (non-hydrogen) atoms. The van der Waals surface area contributed by atoms with E-state index in [0.29, 0.717) is 11.7 Å². The first-order chi connectivity index (χ1) is 9.06. The maximum Gasteiger partial charge on any atom is 0.229 e. The third kappa shape index (κ3) is 1.98. The minimum atomic E-state index is -0.423. The van der Waals surface area contributed by atoms with Crippen LogP contribution in [0.3, 0.4) is 0 Å². The van der Waals surface area contributed by atoms with Crippen LogP contribution in [0.2, 0.25) is 0 Å². The summed E-state index contributed by atoms with van der Waals surface area (Å²) >= 11 is 1.47. The maximum absolute atomic E-state index is 11.9. The van der Waals surface area contributed by atoms with E-state index in [-0.39, 0.29) is 12.3 Å². The van der Waals surface area contributed by atoms with Crippen molar-refractivity contribution in [3.63, 3.8) is 0 Å². The number of anilines is 1. The quantitative estimate of drug-likeness (QED) is 0.901. The molecule has 1 unspecified atom stereocenters. The molecule has 1 aliphatic rings. The maximum atomic E-state index is 11.9. The number of para-hydroxylation sites is 1. The molecule has 0 spiro atoms. The normalized spacial score (nSPS) is 19.3. The number of hydrogen-bond acceptors (Lipinski definition) is 4. The average Bonchev–Trinajstić information content (AvgIpc) is 2.93. The SMILES string of the molecule is Cc1cccc2sc(N3CC(C(N)=O)CC3=O)nc12. The molecule has 1 atom stereocenters. The van der Waals surface area contributed by atoms with E-state index >= 15 is 0 Å². The van der Waals surface area contributed by atoms with Crippen molar-refractivity contribution < 1.29 is 9.59 Å². The van der Waals surface area contributed by atoms with Crippen molar-refractivity contribution in [1.82, 2.24) is 4.98 Å². The fourth-order valence-corrected chi connectivity index (χ4v) is 3.34. The number of aryl methyl sites for hydroxylation is 1. The van der Waals surface area contributed by atoms with Crippen LogP contribution < -0.4 is 10.6 Å². The molecule has 3 rings (SSSR count). The molecule has 2 N–H and O–H groups in total. The molecule has 6 heteroatoms. The number of amides is 2. The molecule has 0 radical (unpaired) electrons. The van der Waals surface area contributed by atoms with Gasteiger partial charge in [0.1, 0.15) is 0 Å². The number of fused-ring (bicyclic) bond motifs is 1. The van der Waals surface area contributed by atoms with Gasteiger partial charge in [0.2, 0.25) is 11.8 Å². The fourth-order valence-electron chi connectivity index (χ4n) is 2.27. The van der Waals surface area contributed by atoms with Crippen molar-refractivity contribution in [2.24, 2.45) is 11.7 Å². The van der Waals surface area contributed by atoms with E-state index in [1.165, 1.54) is 11.3 Å². The van der Waals surface area contributed by atoms with Crippen LogP contribution in [0.25, 0.3) is 10.2 Å². The van der Waals surface area contributed by atoms with Gasteiger partial charge in [-0.2, -0.15) is 0 Å². The number of carbonyl (C=O) groups is 2. The highest BCUT2D eigenvalue weighted by Gasteiger charge is 2.35. The molecule has 98 valence electrons. The number of benzene rings is 1. The number of hydrogen-bond donors (Lipinski definition) is 1. The number of carbonyl (C=O) groups excluding carboxylic acids is 2. The molecule has 1 fully saturated rings. The predicted octanol–water partition coefficient (Wildman–Crippen LogP) is 1.44. The van der Waals surface area contributed by atoms with Gasteiger partial charge in [-0.05, 0) is 18.6 Å². The first-order valence-electron chi connectivity index (χ1n) is 6.02. The topological polar surface area (TPSA) is 76.3 Å². The van der Waals surface area contributed by atoms with Crippen molar-refractivity contribution in [1.29, 1.82) is 0 Å². The van der Waals surface area contributed by atoms with Crippen LogP contribution >= 0.6 is 11.3 Å². The van der Waals surface area contributed by atoms with E-state index in [1.54, 1.807) is 4.90 Å². The second-order valence-corrected chi connectivity index (χ2v) is 5.73. The Morgan fingerprint density at radius 3 is 2.95 bits per heavy atom. The highest BCUT2D eigenvalue weighted by Crippen LogP contribution is 2.33.